The molecule has 1 aliphatic carbocycles. The molecule has 1 atom stereocenters. The fourth-order valence-electron chi connectivity index (χ4n) is 2.09. The number of hydrogen-bond acceptors (Lipinski definition) is 3. The minimum atomic E-state index is -0.0787. The van der Waals surface area contributed by atoms with E-state index in [1.54, 1.807) is 6.20 Å². The molecule has 1 unspecified atom stereocenters. The molecule has 1 saturated carbocycles. The Kier molecular flexibility index (Phi) is 3.54. The maximum Gasteiger partial charge on any atom is 0.283 e. The van der Waals surface area contributed by atoms with Crippen molar-refractivity contribution in [1.82, 2.24) is 9.78 Å². The van der Waals surface area contributed by atoms with Gasteiger partial charge in [-0.25, -0.2) is 4.68 Å². The molecule has 18 heavy (non-hydrogen) atoms. The second kappa shape index (κ2) is 4.68. The molecular formula is C13H20BrN3O. The first-order valence-corrected chi connectivity index (χ1v) is 7.13. The molecule has 0 spiro atoms. The monoisotopic (exact) mass is 313 g/mol. The van der Waals surface area contributed by atoms with E-state index >= 15 is 0 Å². The third-order valence-corrected chi connectivity index (χ3v) is 4.46. The van der Waals surface area contributed by atoms with E-state index in [1.807, 2.05) is 13.8 Å². The molecule has 1 N–H and O–H groups in total. The highest BCUT2D eigenvalue weighted by atomic mass is 79.9. The van der Waals surface area contributed by atoms with Crippen LogP contribution in [0.25, 0.3) is 0 Å². The Morgan fingerprint density at radius 2 is 2.22 bits per heavy atom. The van der Waals surface area contributed by atoms with Gasteiger partial charge >= 0.3 is 0 Å². The smallest absolute Gasteiger partial charge is 0.283 e. The second-order valence-electron chi connectivity index (χ2n) is 5.99. The largest absolute Gasteiger partial charge is 0.382 e. The molecule has 1 heterocycles. The van der Waals surface area contributed by atoms with Crippen molar-refractivity contribution in [2.24, 2.45) is 11.3 Å². The predicted molar refractivity (Wildman–Crippen MR) is 77.0 cm³/mol. The van der Waals surface area contributed by atoms with Gasteiger partial charge in [-0.2, -0.15) is 5.10 Å². The Morgan fingerprint density at radius 3 is 2.72 bits per heavy atom. The van der Waals surface area contributed by atoms with E-state index < -0.39 is 0 Å². The topological polar surface area (TPSA) is 46.9 Å². The van der Waals surface area contributed by atoms with E-state index in [-0.39, 0.29) is 11.6 Å². The molecule has 0 bridgehead atoms. The number of nitrogens with zero attached hydrogens (tertiary/aromatic N) is 2. The summed E-state index contributed by atoms with van der Waals surface area (Å²) in [5.41, 5.74) is 1.16. The van der Waals surface area contributed by atoms with E-state index in [0.29, 0.717) is 15.8 Å². The first-order chi connectivity index (χ1) is 8.33. The standard InChI is InChI=1S/C13H20BrN3O/c1-8(2)17-12(18)11(14)10(7-16-17)15-6-9-5-13(9,3)4/h7-9,15H,5-6H2,1-4H3. The van der Waals surface area contributed by atoms with Crippen molar-refractivity contribution in [2.75, 3.05) is 11.9 Å². The van der Waals surface area contributed by atoms with Gasteiger partial charge in [-0.05, 0) is 47.5 Å². The van der Waals surface area contributed by atoms with Crippen LogP contribution in [0.5, 0.6) is 0 Å². The van der Waals surface area contributed by atoms with E-state index in [0.717, 1.165) is 12.2 Å². The second-order valence-corrected chi connectivity index (χ2v) is 6.78. The Balaban J connectivity index is 2.11. The third kappa shape index (κ3) is 2.60. The van der Waals surface area contributed by atoms with Crippen LogP contribution in [-0.2, 0) is 0 Å². The lowest BCUT2D eigenvalue weighted by atomic mass is 10.1. The van der Waals surface area contributed by atoms with Crippen molar-refractivity contribution in [3.63, 3.8) is 0 Å². The summed E-state index contributed by atoms with van der Waals surface area (Å²) in [6.45, 7) is 9.33. The van der Waals surface area contributed by atoms with Crippen LogP contribution in [0.1, 0.15) is 40.2 Å². The molecule has 1 aromatic rings. The Hall–Kier alpha value is -0.840. The van der Waals surface area contributed by atoms with Crippen molar-refractivity contribution >= 4 is 21.6 Å². The van der Waals surface area contributed by atoms with E-state index in [2.05, 4.69) is 40.2 Å². The molecule has 100 valence electrons. The molecule has 0 radical (unpaired) electrons. The number of halogens is 1. The molecule has 1 aromatic heterocycles. The summed E-state index contributed by atoms with van der Waals surface area (Å²) in [4.78, 5) is 12.0. The summed E-state index contributed by atoms with van der Waals surface area (Å²) in [5, 5.41) is 7.50. The lowest BCUT2D eigenvalue weighted by Crippen LogP contribution is -2.26. The molecule has 1 aliphatic rings. The zero-order chi connectivity index (χ0) is 13.5. The number of aromatic nitrogens is 2. The van der Waals surface area contributed by atoms with E-state index in [4.69, 9.17) is 0 Å². The zero-order valence-electron chi connectivity index (χ0n) is 11.3. The maximum absolute atomic E-state index is 12.0. The fraction of sp³-hybridized carbons (Fsp3) is 0.692. The molecular weight excluding hydrogens is 294 g/mol. The molecule has 0 aromatic carbocycles. The van der Waals surface area contributed by atoms with E-state index in [1.165, 1.54) is 11.1 Å². The average Bonchev–Trinajstić information content (AvgIpc) is 2.88. The van der Waals surface area contributed by atoms with Crippen molar-refractivity contribution in [3.8, 4) is 0 Å². The Morgan fingerprint density at radius 1 is 1.61 bits per heavy atom. The van der Waals surface area contributed by atoms with Gasteiger partial charge in [-0.15, -0.1) is 0 Å². The highest BCUT2D eigenvalue weighted by Crippen LogP contribution is 2.51. The van der Waals surface area contributed by atoms with Gasteiger partial charge in [-0.1, -0.05) is 13.8 Å². The Labute approximate surface area is 116 Å². The van der Waals surface area contributed by atoms with Crippen LogP contribution in [0.15, 0.2) is 15.5 Å². The summed E-state index contributed by atoms with van der Waals surface area (Å²) < 4.78 is 2.06. The molecule has 1 fully saturated rings. The van der Waals surface area contributed by atoms with Crippen LogP contribution in [0.3, 0.4) is 0 Å². The van der Waals surface area contributed by atoms with Crippen molar-refractivity contribution < 1.29 is 0 Å². The first kappa shape index (κ1) is 13.6. The lowest BCUT2D eigenvalue weighted by molar-refractivity contribution is 0.500. The SMILES string of the molecule is CC(C)n1ncc(NCC2CC2(C)C)c(Br)c1=O. The molecule has 2 rings (SSSR count). The van der Waals surface area contributed by atoms with Gasteiger partial charge in [0.05, 0.1) is 17.9 Å². The van der Waals surface area contributed by atoms with Gasteiger partial charge in [0.1, 0.15) is 4.47 Å². The van der Waals surface area contributed by atoms with Gasteiger partial charge < -0.3 is 5.32 Å². The Bertz CT molecular complexity index is 507. The minimum absolute atomic E-state index is 0.0743. The van der Waals surface area contributed by atoms with Gasteiger partial charge in [0.2, 0.25) is 0 Å². The maximum atomic E-state index is 12.0. The number of rotatable bonds is 4. The van der Waals surface area contributed by atoms with Gasteiger partial charge in [0.15, 0.2) is 0 Å². The van der Waals surface area contributed by atoms with Crippen molar-refractivity contribution in [1.29, 1.82) is 0 Å². The van der Waals surface area contributed by atoms with Gasteiger partial charge in [-0.3, -0.25) is 4.79 Å². The summed E-state index contributed by atoms with van der Waals surface area (Å²) in [5.74, 6) is 0.692. The molecule has 0 saturated heterocycles. The van der Waals surface area contributed by atoms with Crippen molar-refractivity contribution in [3.05, 3.63) is 21.0 Å². The first-order valence-electron chi connectivity index (χ1n) is 6.34. The van der Waals surface area contributed by atoms with Gasteiger partial charge in [0, 0.05) is 6.54 Å². The van der Waals surface area contributed by atoms with Crippen LogP contribution in [0, 0.1) is 11.3 Å². The normalized spacial score (nSPS) is 21.1. The molecule has 4 nitrogen and oxygen atoms in total. The third-order valence-electron chi connectivity index (χ3n) is 3.69. The average molecular weight is 314 g/mol. The number of nitrogens with one attached hydrogen (secondary N) is 1. The summed E-state index contributed by atoms with van der Waals surface area (Å²) in [6.07, 6.45) is 2.97. The lowest BCUT2D eigenvalue weighted by Gasteiger charge is -2.12. The zero-order valence-corrected chi connectivity index (χ0v) is 12.9. The van der Waals surface area contributed by atoms with Crippen molar-refractivity contribution in [2.45, 2.75) is 40.2 Å². The highest BCUT2D eigenvalue weighted by molar-refractivity contribution is 9.10. The predicted octanol–water partition coefficient (Wildman–Crippen LogP) is 3.04. The summed E-state index contributed by atoms with van der Waals surface area (Å²) in [6, 6.07) is 0.0743. The van der Waals surface area contributed by atoms with Crippen LogP contribution in [0.4, 0.5) is 5.69 Å². The van der Waals surface area contributed by atoms with Crippen LogP contribution in [-0.4, -0.2) is 16.3 Å². The summed E-state index contributed by atoms with van der Waals surface area (Å²) in [7, 11) is 0. The van der Waals surface area contributed by atoms with Crippen LogP contribution >= 0.6 is 15.9 Å². The fourth-order valence-corrected chi connectivity index (χ4v) is 2.52. The quantitative estimate of drug-likeness (QED) is 0.929. The number of anilines is 1. The van der Waals surface area contributed by atoms with Gasteiger partial charge in [0.25, 0.3) is 5.56 Å². The molecule has 0 aliphatic heterocycles. The van der Waals surface area contributed by atoms with Crippen LogP contribution < -0.4 is 10.9 Å². The molecule has 0 amide bonds. The van der Waals surface area contributed by atoms with E-state index in [9.17, 15) is 4.79 Å². The van der Waals surface area contributed by atoms with Crippen LogP contribution in [0.2, 0.25) is 0 Å². The molecule has 5 heteroatoms. The number of hydrogen-bond donors (Lipinski definition) is 1. The highest BCUT2D eigenvalue weighted by Gasteiger charge is 2.45. The minimum Gasteiger partial charge on any atom is -0.382 e. The summed E-state index contributed by atoms with van der Waals surface area (Å²) >= 11 is 3.36.